The number of anilines is 1. The van der Waals surface area contributed by atoms with Gasteiger partial charge in [-0.3, -0.25) is 9.59 Å². The van der Waals surface area contributed by atoms with E-state index >= 15 is 0 Å². The van der Waals surface area contributed by atoms with Crippen LogP contribution in [0.25, 0.3) is 0 Å². The molecule has 0 N–H and O–H groups in total. The second kappa shape index (κ2) is 7.11. The van der Waals surface area contributed by atoms with Crippen LogP contribution in [0.1, 0.15) is 35.3 Å². The minimum absolute atomic E-state index is 0.0282. The number of benzene rings is 2. The molecule has 1 aliphatic heterocycles. The standard InChI is InChI=1S/C20H20BrNO4/c1-11(2)26-16-6-5-13(8-17(16)25-4)10-22-18-12(3)7-14(21)9-15(18)19(23)20(22)24/h5-9,11H,10H2,1-4H3. The molecule has 1 aliphatic rings. The number of amides is 1. The summed E-state index contributed by atoms with van der Waals surface area (Å²) in [6.45, 7) is 6.07. The van der Waals surface area contributed by atoms with Gasteiger partial charge < -0.3 is 14.4 Å². The van der Waals surface area contributed by atoms with Gasteiger partial charge in [0, 0.05) is 4.47 Å². The molecule has 0 spiro atoms. The quantitative estimate of drug-likeness (QED) is 0.681. The van der Waals surface area contributed by atoms with Crippen molar-refractivity contribution in [3.8, 4) is 11.5 Å². The zero-order chi connectivity index (χ0) is 19.0. The highest BCUT2D eigenvalue weighted by Gasteiger charge is 2.37. The summed E-state index contributed by atoms with van der Waals surface area (Å²) < 4.78 is 11.9. The van der Waals surface area contributed by atoms with Crippen LogP contribution in [0.5, 0.6) is 11.5 Å². The number of halogens is 1. The zero-order valence-corrected chi connectivity index (χ0v) is 16.7. The molecule has 5 nitrogen and oxygen atoms in total. The number of hydrogen-bond donors (Lipinski definition) is 0. The van der Waals surface area contributed by atoms with Crippen LogP contribution >= 0.6 is 15.9 Å². The van der Waals surface area contributed by atoms with Crippen LogP contribution in [0.4, 0.5) is 5.69 Å². The molecule has 0 aliphatic carbocycles. The highest BCUT2D eigenvalue weighted by atomic mass is 79.9. The lowest BCUT2D eigenvalue weighted by Crippen LogP contribution is -2.29. The summed E-state index contributed by atoms with van der Waals surface area (Å²) in [6, 6.07) is 9.14. The van der Waals surface area contributed by atoms with E-state index in [-0.39, 0.29) is 6.10 Å². The van der Waals surface area contributed by atoms with Crippen molar-refractivity contribution in [3.63, 3.8) is 0 Å². The Morgan fingerprint density at radius 1 is 1.12 bits per heavy atom. The second-order valence-corrected chi connectivity index (χ2v) is 7.41. The maximum absolute atomic E-state index is 12.5. The molecule has 0 fully saturated rings. The number of methoxy groups -OCH3 is 1. The molecule has 0 atom stereocenters. The molecule has 1 heterocycles. The van der Waals surface area contributed by atoms with Crippen molar-refractivity contribution < 1.29 is 19.1 Å². The SMILES string of the molecule is COc1cc(CN2C(=O)C(=O)c3cc(Br)cc(C)c32)ccc1OC(C)C. The van der Waals surface area contributed by atoms with E-state index in [1.807, 2.05) is 45.0 Å². The number of hydrogen-bond acceptors (Lipinski definition) is 4. The Balaban J connectivity index is 1.95. The van der Waals surface area contributed by atoms with Gasteiger partial charge in [0.1, 0.15) is 0 Å². The highest BCUT2D eigenvalue weighted by molar-refractivity contribution is 9.10. The molecule has 136 valence electrons. The molecule has 0 aromatic heterocycles. The maximum Gasteiger partial charge on any atom is 0.299 e. The minimum Gasteiger partial charge on any atom is -0.493 e. The number of carbonyl (C=O) groups is 2. The third-order valence-electron chi connectivity index (χ3n) is 4.15. The number of nitrogens with zero attached hydrogens (tertiary/aromatic N) is 1. The molecule has 0 radical (unpaired) electrons. The molecular formula is C20H20BrNO4. The van der Waals surface area contributed by atoms with Crippen LogP contribution in [0.2, 0.25) is 0 Å². The van der Waals surface area contributed by atoms with Gasteiger partial charge >= 0.3 is 0 Å². The van der Waals surface area contributed by atoms with E-state index in [4.69, 9.17) is 9.47 Å². The van der Waals surface area contributed by atoms with E-state index in [0.29, 0.717) is 29.3 Å². The van der Waals surface area contributed by atoms with Crippen LogP contribution in [0.3, 0.4) is 0 Å². The average molecular weight is 418 g/mol. The summed E-state index contributed by atoms with van der Waals surface area (Å²) in [6.07, 6.45) is 0.0282. The number of carbonyl (C=O) groups excluding carboxylic acids is 2. The van der Waals surface area contributed by atoms with Crippen LogP contribution in [0, 0.1) is 6.92 Å². The summed E-state index contributed by atoms with van der Waals surface area (Å²) in [5.41, 5.74) is 2.84. The van der Waals surface area contributed by atoms with Gasteiger partial charge in [-0.25, -0.2) is 0 Å². The van der Waals surface area contributed by atoms with E-state index in [9.17, 15) is 9.59 Å². The number of Topliss-reactive ketones (excluding diaryl/α,β-unsaturated/α-hetero) is 1. The number of rotatable bonds is 5. The molecule has 0 bridgehead atoms. The van der Waals surface area contributed by atoms with Crippen molar-refractivity contribution in [2.24, 2.45) is 0 Å². The van der Waals surface area contributed by atoms with Gasteiger partial charge in [-0.2, -0.15) is 0 Å². The minimum atomic E-state index is -0.511. The molecular weight excluding hydrogens is 398 g/mol. The molecule has 2 aromatic carbocycles. The van der Waals surface area contributed by atoms with Gasteiger partial charge in [0.05, 0.1) is 31.0 Å². The van der Waals surface area contributed by atoms with E-state index in [2.05, 4.69) is 15.9 Å². The molecule has 6 heteroatoms. The molecule has 0 saturated heterocycles. The Morgan fingerprint density at radius 3 is 2.50 bits per heavy atom. The number of ketones is 1. The molecule has 1 amide bonds. The number of fused-ring (bicyclic) bond motifs is 1. The highest BCUT2D eigenvalue weighted by Crippen LogP contribution is 2.37. The van der Waals surface area contributed by atoms with Crippen LogP contribution < -0.4 is 14.4 Å². The van der Waals surface area contributed by atoms with Crippen molar-refractivity contribution in [2.75, 3.05) is 12.0 Å². The first-order valence-corrected chi connectivity index (χ1v) is 9.11. The molecule has 0 unspecified atom stereocenters. The van der Waals surface area contributed by atoms with Crippen molar-refractivity contribution >= 4 is 33.3 Å². The average Bonchev–Trinajstić information content (AvgIpc) is 2.81. The van der Waals surface area contributed by atoms with Gasteiger partial charge in [0.15, 0.2) is 11.5 Å². The summed E-state index contributed by atoms with van der Waals surface area (Å²) in [5, 5.41) is 0. The fourth-order valence-electron chi connectivity index (χ4n) is 3.10. The summed E-state index contributed by atoms with van der Waals surface area (Å²) >= 11 is 3.38. The van der Waals surface area contributed by atoms with Gasteiger partial charge in [-0.15, -0.1) is 0 Å². The Bertz CT molecular complexity index is 892. The number of ether oxygens (including phenoxy) is 2. The Morgan fingerprint density at radius 2 is 1.85 bits per heavy atom. The lowest BCUT2D eigenvalue weighted by molar-refractivity contribution is -0.114. The third kappa shape index (κ3) is 3.33. The van der Waals surface area contributed by atoms with Gasteiger partial charge in [0.2, 0.25) is 0 Å². The van der Waals surface area contributed by atoms with Crippen molar-refractivity contribution in [3.05, 3.63) is 51.5 Å². The van der Waals surface area contributed by atoms with E-state index in [1.54, 1.807) is 13.2 Å². The first-order chi connectivity index (χ1) is 12.3. The number of aryl methyl sites for hydroxylation is 1. The second-order valence-electron chi connectivity index (χ2n) is 6.49. The monoisotopic (exact) mass is 417 g/mol. The van der Waals surface area contributed by atoms with E-state index in [1.165, 1.54) is 4.90 Å². The maximum atomic E-state index is 12.5. The van der Waals surface area contributed by atoms with Crippen molar-refractivity contribution in [1.82, 2.24) is 0 Å². The van der Waals surface area contributed by atoms with E-state index in [0.717, 1.165) is 15.6 Å². The fourth-order valence-corrected chi connectivity index (χ4v) is 3.67. The topological polar surface area (TPSA) is 55.8 Å². The lowest BCUT2D eigenvalue weighted by Gasteiger charge is -2.20. The predicted molar refractivity (Wildman–Crippen MR) is 103 cm³/mol. The molecule has 2 aromatic rings. The Kier molecular flexibility index (Phi) is 5.05. The normalized spacial score (nSPS) is 13.4. The smallest absolute Gasteiger partial charge is 0.299 e. The first kappa shape index (κ1) is 18.5. The van der Waals surface area contributed by atoms with Crippen LogP contribution in [0.15, 0.2) is 34.8 Å². The first-order valence-electron chi connectivity index (χ1n) is 8.31. The van der Waals surface area contributed by atoms with Crippen molar-refractivity contribution in [2.45, 2.75) is 33.4 Å². The molecule has 26 heavy (non-hydrogen) atoms. The third-order valence-corrected chi connectivity index (χ3v) is 4.61. The largest absolute Gasteiger partial charge is 0.493 e. The van der Waals surface area contributed by atoms with Gasteiger partial charge in [-0.1, -0.05) is 22.0 Å². The summed E-state index contributed by atoms with van der Waals surface area (Å²) in [5.74, 6) is 0.260. The lowest BCUT2D eigenvalue weighted by atomic mass is 10.1. The summed E-state index contributed by atoms with van der Waals surface area (Å²) in [4.78, 5) is 26.4. The molecule has 0 saturated carbocycles. The van der Waals surface area contributed by atoms with Crippen molar-refractivity contribution in [1.29, 1.82) is 0 Å². The van der Waals surface area contributed by atoms with E-state index < -0.39 is 11.7 Å². The predicted octanol–water partition coefficient (Wildman–Crippen LogP) is 4.28. The van der Waals surface area contributed by atoms with Crippen LogP contribution in [-0.4, -0.2) is 24.9 Å². The van der Waals surface area contributed by atoms with Gasteiger partial charge in [-0.05, 0) is 56.2 Å². The van der Waals surface area contributed by atoms with Gasteiger partial charge in [0.25, 0.3) is 11.7 Å². The molecule has 3 rings (SSSR count). The fraction of sp³-hybridized carbons (Fsp3) is 0.300. The zero-order valence-electron chi connectivity index (χ0n) is 15.1. The van der Waals surface area contributed by atoms with Crippen LogP contribution in [-0.2, 0) is 11.3 Å². The Labute approximate surface area is 161 Å². The summed E-state index contributed by atoms with van der Waals surface area (Å²) in [7, 11) is 1.58. The Hall–Kier alpha value is -2.34.